The number of carbonyl (C=O) groups is 2. The molecule has 4 heteroatoms. The van der Waals surface area contributed by atoms with E-state index < -0.39 is 5.97 Å². The van der Waals surface area contributed by atoms with E-state index in [0.717, 1.165) is 32.3 Å². The Hall–Kier alpha value is -1.42. The van der Waals surface area contributed by atoms with E-state index in [9.17, 15) is 9.59 Å². The van der Waals surface area contributed by atoms with E-state index in [1.165, 1.54) is 19.3 Å². The van der Waals surface area contributed by atoms with Crippen LogP contribution in [0.25, 0.3) is 0 Å². The van der Waals surface area contributed by atoms with Crippen LogP contribution in [0.2, 0.25) is 0 Å². The Balaban J connectivity index is 1.71. The number of carboxylic acids is 1. The van der Waals surface area contributed by atoms with Crippen LogP contribution in [0.4, 0.5) is 0 Å². The third-order valence-corrected chi connectivity index (χ3v) is 5.13. The summed E-state index contributed by atoms with van der Waals surface area (Å²) in [6.07, 6.45) is 16.5. The molecule has 1 saturated heterocycles. The van der Waals surface area contributed by atoms with Crippen molar-refractivity contribution < 1.29 is 19.4 Å². The van der Waals surface area contributed by atoms with Crippen LogP contribution in [0.1, 0.15) is 57.8 Å². The lowest BCUT2D eigenvalue weighted by Crippen LogP contribution is -2.16. The molecule has 1 aliphatic heterocycles. The first-order chi connectivity index (χ1) is 11.7. The first-order valence-corrected chi connectivity index (χ1v) is 9.33. The third-order valence-electron chi connectivity index (χ3n) is 5.13. The zero-order valence-corrected chi connectivity index (χ0v) is 14.5. The van der Waals surface area contributed by atoms with E-state index >= 15 is 0 Å². The van der Waals surface area contributed by atoms with Crippen LogP contribution in [-0.4, -0.2) is 30.1 Å². The van der Waals surface area contributed by atoms with Gasteiger partial charge in [0.15, 0.2) is 5.78 Å². The highest BCUT2D eigenvalue weighted by molar-refractivity contribution is 5.91. The average molecular weight is 334 g/mol. The van der Waals surface area contributed by atoms with Crippen LogP contribution in [0.5, 0.6) is 0 Å². The van der Waals surface area contributed by atoms with Gasteiger partial charge in [-0.15, -0.1) is 0 Å². The molecular formula is C20H30O4. The van der Waals surface area contributed by atoms with Crippen LogP contribution < -0.4 is 0 Å². The highest BCUT2D eigenvalue weighted by atomic mass is 16.5. The maximum absolute atomic E-state index is 12.3. The molecule has 134 valence electrons. The van der Waals surface area contributed by atoms with Gasteiger partial charge < -0.3 is 9.84 Å². The fraction of sp³-hybridized carbons (Fsp3) is 0.700. The molecule has 0 aromatic rings. The highest BCUT2D eigenvalue weighted by Crippen LogP contribution is 2.28. The second-order valence-electron chi connectivity index (χ2n) is 7.05. The lowest BCUT2D eigenvalue weighted by Gasteiger charge is -2.19. The largest absolute Gasteiger partial charge is 0.481 e. The summed E-state index contributed by atoms with van der Waals surface area (Å²) in [6.45, 7) is 1.44. The minimum Gasteiger partial charge on any atom is -0.481 e. The predicted molar refractivity (Wildman–Crippen MR) is 93.8 cm³/mol. The molecule has 0 aromatic heterocycles. The van der Waals surface area contributed by atoms with Crippen molar-refractivity contribution >= 4 is 11.8 Å². The summed E-state index contributed by atoms with van der Waals surface area (Å²) in [5.41, 5.74) is 0. The van der Waals surface area contributed by atoms with Gasteiger partial charge in [-0.3, -0.25) is 9.59 Å². The molecule has 0 aromatic carbocycles. The number of ketones is 1. The Morgan fingerprint density at radius 3 is 2.62 bits per heavy atom. The van der Waals surface area contributed by atoms with Gasteiger partial charge in [-0.1, -0.05) is 37.5 Å². The minimum absolute atomic E-state index is 0.228. The summed E-state index contributed by atoms with van der Waals surface area (Å²) in [5, 5.41) is 8.60. The molecule has 1 aliphatic carbocycles. The Labute approximate surface area is 145 Å². The van der Waals surface area contributed by atoms with Gasteiger partial charge in [0.25, 0.3) is 0 Å². The number of hydrogen-bond donors (Lipinski definition) is 1. The van der Waals surface area contributed by atoms with Gasteiger partial charge in [0, 0.05) is 18.3 Å². The topological polar surface area (TPSA) is 63.6 Å². The quantitative estimate of drug-likeness (QED) is 0.391. The number of unbranched alkanes of at least 4 members (excludes halogenated alkanes) is 1. The maximum atomic E-state index is 12.3. The monoisotopic (exact) mass is 334 g/mol. The number of rotatable bonds is 9. The fourth-order valence-corrected chi connectivity index (χ4v) is 3.57. The maximum Gasteiger partial charge on any atom is 0.303 e. The van der Waals surface area contributed by atoms with Gasteiger partial charge in [0.2, 0.25) is 0 Å². The van der Waals surface area contributed by atoms with Crippen molar-refractivity contribution in [2.45, 2.75) is 57.8 Å². The molecule has 1 heterocycles. The second kappa shape index (κ2) is 10.4. The smallest absolute Gasteiger partial charge is 0.303 e. The molecule has 0 amide bonds. The second-order valence-corrected chi connectivity index (χ2v) is 7.05. The number of ether oxygens (including phenoxy) is 1. The summed E-state index contributed by atoms with van der Waals surface area (Å²) in [7, 11) is 0. The van der Waals surface area contributed by atoms with Gasteiger partial charge in [0.05, 0.1) is 13.2 Å². The van der Waals surface area contributed by atoms with Gasteiger partial charge in [-0.05, 0) is 44.1 Å². The van der Waals surface area contributed by atoms with Crippen molar-refractivity contribution in [2.75, 3.05) is 13.2 Å². The SMILES string of the molecule is O=C(O)CCC/C=C\C[C@H]1COC[C@H]1/C=C/C(=O)C1CCCCC1. The van der Waals surface area contributed by atoms with Crippen LogP contribution >= 0.6 is 0 Å². The van der Waals surface area contributed by atoms with Gasteiger partial charge in [-0.2, -0.15) is 0 Å². The summed E-state index contributed by atoms with van der Waals surface area (Å²) < 4.78 is 5.58. The standard InChI is InChI=1S/C20H30O4/c21-19(16-8-5-3-6-9-16)13-12-18-15-24-14-17(18)10-4-1-2-7-11-20(22)23/h1,4,12-13,16-18H,2-3,5-11,14-15H2,(H,22,23)/b4-1-,13-12+/t17-,18+/m0/s1. The van der Waals surface area contributed by atoms with Gasteiger partial charge in [0.1, 0.15) is 0 Å². The summed E-state index contributed by atoms with van der Waals surface area (Å²) >= 11 is 0. The number of hydrogen-bond acceptors (Lipinski definition) is 3. The van der Waals surface area contributed by atoms with Gasteiger partial charge in [-0.25, -0.2) is 0 Å². The van der Waals surface area contributed by atoms with E-state index in [0.29, 0.717) is 30.6 Å². The molecular weight excluding hydrogens is 304 g/mol. The van der Waals surface area contributed by atoms with Crippen LogP contribution in [0, 0.1) is 17.8 Å². The summed E-state index contributed by atoms with van der Waals surface area (Å²) in [4.78, 5) is 22.7. The minimum atomic E-state index is -0.736. The first kappa shape index (κ1) is 18.9. The zero-order valence-electron chi connectivity index (χ0n) is 14.5. The Bertz CT molecular complexity index is 460. The van der Waals surface area contributed by atoms with Crippen molar-refractivity contribution in [2.24, 2.45) is 17.8 Å². The third kappa shape index (κ3) is 6.60. The normalized spacial score (nSPS) is 25.7. The van der Waals surface area contributed by atoms with E-state index in [4.69, 9.17) is 9.84 Å². The average Bonchev–Trinajstić information content (AvgIpc) is 3.03. The molecule has 2 fully saturated rings. The number of allylic oxidation sites excluding steroid dienone is 3. The van der Waals surface area contributed by atoms with Crippen molar-refractivity contribution in [3.63, 3.8) is 0 Å². The number of aliphatic carboxylic acids is 1. The molecule has 2 atom stereocenters. The Kier molecular flexibility index (Phi) is 8.23. The lowest BCUT2D eigenvalue weighted by atomic mass is 9.85. The molecule has 2 aliphatic rings. The van der Waals surface area contributed by atoms with E-state index in [1.807, 2.05) is 0 Å². The van der Waals surface area contributed by atoms with Crippen LogP contribution in [0.3, 0.4) is 0 Å². The summed E-state index contributed by atoms with van der Waals surface area (Å²) in [6, 6.07) is 0. The zero-order chi connectivity index (χ0) is 17.2. The molecule has 2 rings (SSSR count). The first-order valence-electron chi connectivity index (χ1n) is 9.33. The molecule has 0 unspecified atom stereocenters. The molecule has 0 bridgehead atoms. The van der Waals surface area contributed by atoms with E-state index in [1.54, 1.807) is 6.08 Å². The highest BCUT2D eigenvalue weighted by Gasteiger charge is 2.26. The number of carbonyl (C=O) groups excluding carboxylic acids is 1. The molecule has 24 heavy (non-hydrogen) atoms. The van der Waals surface area contributed by atoms with E-state index in [2.05, 4.69) is 18.2 Å². The van der Waals surface area contributed by atoms with Crippen molar-refractivity contribution in [3.05, 3.63) is 24.3 Å². The van der Waals surface area contributed by atoms with Crippen LogP contribution in [-0.2, 0) is 14.3 Å². The molecule has 1 saturated carbocycles. The van der Waals surface area contributed by atoms with E-state index in [-0.39, 0.29) is 12.3 Å². The summed E-state index contributed by atoms with van der Waals surface area (Å²) in [5.74, 6) is 0.548. The van der Waals surface area contributed by atoms with Gasteiger partial charge >= 0.3 is 5.97 Å². The van der Waals surface area contributed by atoms with Crippen LogP contribution in [0.15, 0.2) is 24.3 Å². The molecule has 0 spiro atoms. The number of carboxylic acid groups (broad SMARTS) is 1. The Morgan fingerprint density at radius 2 is 1.88 bits per heavy atom. The van der Waals surface area contributed by atoms with Crippen molar-refractivity contribution in [3.8, 4) is 0 Å². The van der Waals surface area contributed by atoms with Crippen molar-refractivity contribution in [1.29, 1.82) is 0 Å². The van der Waals surface area contributed by atoms with Crippen molar-refractivity contribution in [1.82, 2.24) is 0 Å². The molecule has 1 N–H and O–H groups in total. The lowest BCUT2D eigenvalue weighted by molar-refractivity contribution is -0.137. The predicted octanol–water partition coefficient (Wildman–Crippen LogP) is 4.16. The molecule has 0 radical (unpaired) electrons. The Morgan fingerprint density at radius 1 is 1.08 bits per heavy atom. The molecule has 4 nitrogen and oxygen atoms in total. The fourth-order valence-electron chi connectivity index (χ4n) is 3.57.